The van der Waals surface area contributed by atoms with E-state index in [0.29, 0.717) is 26.1 Å². The summed E-state index contributed by atoms with van der Waals surface area (Å²) in [5.74, 6) is -0.359. The second-order valence-electron chi connectivity index (χ2n) is 5.83. The topological polar surface area (TPSA) is 52.7 Å². The van der Waals surface area contributed by atoms with Crippen molar-refractivity contribution in [3.05, 3.63) is 30.1 Å². The number of carbonyl (C=O) groups excluding carboxylic acids is 2. The summed E-state index contributed by atoms with van der Waals surface area (Å²) in [6.07, 6.45) is 1.03. The fraction of sp³-hybridized carbons (Fsp3) is 0.500. The first-order valence-corrected chi connectivity index (χ1v) is 7.69. The maximum absolute atomic E-state index is 13.0. The minimum absolute atomic E-state index is 0.0328. The number of hydrogen-bond donors (Lipinski definition) is 1. The minimum atomic E-state index is -0.242. The Bertz CT molecular complexity index is 553. The number of piperidine rings is 1. The van der Waals surface area contributed by atoms with Crippen molar-refractivity contribution < 1.29 is 14.0 Å². The van der Waals surface area contributed by atoms with Crippen molar-refractivity contribution in [1.82, 2.24) is 10.2 Å². The Morgan fingerprint density at radius 1 is 1.14 bits per heavy atom. The zero-order valence-electron chi connectivity index (χ0n) is 12.4. The number of amides is 2. The van der Waals surface area contributed by atoms with Crippen LogP contribution in [0.3, 0.4) is 0 Å². The van der Waals surface area contributed by atoms with Crippen molar-refractivity contribution in [2.45, 2.75) is 12.8 Å². The summed E-state index contributed by atoms with van der Waals surface area (Å²) in [7, 11) is 0. The molecule has 0 aromatic heterocycles. The molecule has 2 amide bonds. The summed E-state index contributed by atoms with van der Waals surface area (Å²) in [6.45, 7) is 3.35. The third kappa shape index (κ3) is 3.21. The van der Waals surface area contributed by atoms with Gasteiger partial charge in [0, 0.05) is 50.7 Å². The number of nitrogens with zero attached hydrogens (tertiary/aromatic N) is 2. The van der Waals surface area contributed by atoms with Crippen LogP contribution in [0.25, 0.3) is 0 Å². The molecule has 0 aliphatic carbocycles. The lowest BCUT2D eigenvalue weighted by Crippen LogP contribution is -2.52. The zero-order valence-corrected chi connectivity index (χ0v) is 12.4. The lowest BCUT2D eigenvalue weighted by atomic mass is 9.95. The van der Waals surface area contributed by atoms with Crippen molar-refractivity contribution in [1.29, 1.82) is 0 Å². The van der Waals surface area contributed by atoms with E-state index in [1.807, 2.05) is 4.90 Å². The molecule has 2 aliphatic heterocycles. The molecule has 1 unspecified atom stereocenters. The Balaban J connectivity index is 1.56. The van der Waals surface area contributed by atoms with E-state index in [1.165, 1.54) is 12.1 Å². The van der Waals surface area contributed by atoms with E-state index in [1.54, 1.807) is 12.1 Å². The number of hydrogen-bond acceptors (Lipinski definition) is 3. The Morgan fingerprint density at radius 3 is 2.45 bits per heavy atom. The molecule has 1 atom stereocenters. The largest absolute Gasteiger partial charge is 0.368 e. The number of benzene rings is 1. The Kier molecular flexibility index (Phi) is 4.27. The maximum Gasteiger partial charge on any atom is 0.226 e. The van der Waals surface area contributed by atoms with Gasteiger partial charge in [-0.05, 0) is 30.7 Å². The van der Waals surface area contributed by atoms with Crippen molar-refractivity contribution in [2.24, 2.45) is 5.92 Å². The molecule has 2 aliphatic rings. The molecule has 22 heavy (non-hydrogen) atoms. The van der Waals surface area contributed by atoms with Crippen LogP contribution in [0.15, 0.2) is 24.3 Å². The summed E-state index contributed by atoms with van der Waals surface area (Å²) in [5.41, 5.74) is 0.977. The van der Waals surface area contributed by atoms with E-state index in [4.69, 9.17) is 0 Å². The van der Waals surface area contributed by atoms with Gasteiger partial charge in [0.15, 0.2) is 0 Å². The standard InChI is InChI=1S/C16H20FN3O2/c17-13-1-3-14(4-2-13)19-7-9-20(10-8-19)16(22)12-5-6-18-15(21)11-12/h1-4,12H,5-11H2,(H,18,21). The number of anilines is 1. The molecule has 118 valence electrons. The third-order valence-corrected chi connectivity index (χ3v) is 4.38. The summed E-state index contributed by atoms with van der Waals surface area (Å²) in [5, 5.41) is 2.75. The number of halogens is 1. The van der Waals surface area contributed by atoms with Gasteiger partial charge in [-0.3, -0.25) is 9.59 Å². The van der Waals surface area contributed by atoms with Crippen molar-refractivity contribution in [2.75, 3.05) is 37.6 Å². The van der Waals surface area contributed by atoms with Crippen molar-refractivity contribution in [3.63, 3.8) is 0 Å². The second-order valence-corrected chi connectivity index (χ2v) is 5.83. The molecule has 6 heteroatoms. The molecular weight excluding hydrogens is 285 g/mol. The molecule has 1 N–H and O–H groups in total. The number of rotatable bonds is 2. The predicted octanol–water partition coefficient (Wildman–Crippen LogP) is 1.00. The number of carbonyl (C=O) groups is 2. The smallest absolute Gasteiger partial charge is 0.226 e. The average Bonchev–Trinajstić information content (AvgIpc) is 2.55. The lowest BCUT2D eigenvalue weighted by Gasteiger charge is -2.38. The van der Waals surface area contributed by atoms with Gasteiger partial charge in [-0.25, -0.2) is 4.39 Å². The van der Waals surface area contributed by atoms with Crippen LogP contribution in [0.5, 0.6) is 0 Å². The monoisotopic (exact) mass is 305 g/mol. The molecule has 0 saturated carbocycles. The highest BCUT2D eigenvalue weighted by molar-refractivity contribution is 5.87. The third-order valence-electron chi connectivity index (χ3n) is 4.38. The molecule has 2 fully saturated rings. The van der Waals surface area contributed by atoms with Crippen molar-refractivity contribution in [3.8, 4) is 0 Å². The Morgan fingerprint density at radius 2 is 1.82 bits per heavy atom. The van der Waals surface area contributed by atoms with Crippen LogP contribution < -0.4 is 10.2 Å². The van der Waals surface area contributed by atoms with Crippen LogP contribution >= 0.6 is 0 Å². The van der Waals surface area contributed by atoms with Gasteiger partial charge in [0.25, 0.3) is 0 Å². The Labute approximate surface area is 129 Å². The summed E-state index contributed by atoms with van der Waals surface area (Å²) >= 11 is 0. The van der Waals surface area contributed by atoms with Gasteiger partial charge in [0.1, 0.15) is 5.82 Å². The van der Waals surface area contributed by atoms with Gasteiger partial charge in [0.05, 0.1) is 0 Å². The number of nitrogens with one attached hydrogen (secondary N) is 1. The summed E-state index contributed by atoms with van der Waals surface area (Å²) in [6, 6.07) is 6.43. The molecule has 2 heterocycles. The summed E-state index contributed by atoms with van der Waals surface area (Å²) < 4.78 is 13.0. The average molecular weight is 305 g/mol. The molecule has 3 rings (SSSR count). The number of piperazine rings is 1. The van der Waals surface area contributed by atoms with E-state index in [9.17, 15) is 14.0 Å². The van der Waals surface area contributed by atoms with Crippen LogP contribution in [0.1, 0.15) is 12.8 Å². The molecule has 0 bridgehead atoms. The fourth-order valence-electron chi connectivity index (χ4n) is 3.09. The lowest BCUT2D eigenvalue weighted by molar-refractivity contribution is -0.140. The predicted molar refractivity (Wildman–Crippen MR) is 80.9 cm³/mol. The first-order valence-electron chi connectivity index (χ1n) is 7.69. The molecular formula is C16H20FN3O2. The highest BCUT2D eigenvalue weighted by Gasteiger charge is 2.30. The quantitative estimate of drug-likeness (QED) is 0.887. The van der Waals surface area contributed by atoms with Gasteiger partial charge in [-0.1, -0.05) is 0 Å². The first-order chi connectivity index (χ1) is 10.6. The van der Waals surface area contributed by atoms with Crippen LogP contribution in [0.2, 0.25) is 0 Å². The molecule has 1 aromatic carbocycles. The van der Waals surface area contributed by atoms with E-state index < -0.39 is 0 Å². The SMILES string of the molecule is O=C1CC(C(=O)N2CCN(c3ccc(F)cc3)CC2)CCN1. The van der Waals surface area contributed by atoms with E-state index >= 15 is 0 Å². The zero-order chi connectivity index (χ0) is 15.5. The Hall–Kier alpha value is -2.11. The summed E-state index contributed by atoms with van der Waals surface area (Å²) in [4.78, 5) is 27.9. The molecule has 5 nitrogen and oxygen atoms in total. The normalized spacial score (nSPS) is 22.4. The van der Waals surface area contributed by atoms with Crippen LogP contribution in [0.4, 0.5) is 10.1 Å². The molecule has 0 spiro atoms. The van der Waals surface area contributed by atoms with Crippen LogP contribution in [-0.2, 0) is 9.59 Å². The van der Waals surface area contributed by atoms with Crippen LogP contribution in [-0.4, -0.2) is 49.4 Å². The highest BCUT2D eigenvalue weighted by atomic mass is 19.1. The van der Waals surface area contributed by atoms with E-state index in [2.05, 4.69) is 10.2 Å². The van der Waals surface area contributed by atoms with Gasteiger partial charge in [-0.2, -0.15) is 0 Å². The van der Waals surface area contributed by atoms with E-state index in [-0.39, 0.29) is 23.5 Å². The van der Waals surface area contributed by atoms with Gasteiger partial charge in [0.2, 0.25) is 11.8 Å². The molecule has 0 radical (unpaired) electrons. The molecule has 2 saturated heterocycles. The van der Waals surface area contributed by atoms with Crippen molar-refractivity contribution >= 4 is 17.5 Å². The fourth-order valence-corrected chi connectivity index (χ4v) is 3.09. The van der Waals surface area contributed by atoms with Gasteiger partial charge in [-0.15, -0.1) is 0 Å². The van der Waals surface area contributed by atoms with Gasteiger partial charge < -0.3 is 15.1 Å². The minimum Gasteiger partial charge on any atom is -0.368 e. The first kappa shape index (κ1) is 14.8. The molecule has 1 aromatic rings. The van der Waals surface area contributed by atoms with E-state index in [0.717, 1.165) is 25.2 Å². The maximum atomic E-state index is 13.0. The second kappa shape index (κ2) is 6.34. The van der Waals surface area contributed by atoms with Crippen LogP contribution in [0, 0.1) is 11.7 Å². The van der Waals surface area contributed by atoms with Gasteiger partial charge >= 0.3 is 0 Å². The highest BCUT2D eigenvalue weighted by Crippen LogP contribution is 2.20.